The van der Waals surface area contributed by atoms with Crippen LogP contribution in [0.15, 0.2) is 48.5 Å². The molecule has 0 unspecified atom stereocenters. The third-order valence-corrected chi connectivity index (χ3v) is 3.59. The molecule has 25 heavy (non-hydrogen) atoms. The molecular formula is C17H20N4O4. The number of aliphatic hydroxyl groups excluding tert-OH is 1. The van der Waals surface area contributed by atoms with E-state index in [0.717, 1.165) is 11.1 Å². The van der Waals surface area contributed by atoms with Gasteiger partial charge in [0.25, 0.3) is 11.8 Å². The van der Waals surface area contributed by atoms with Crippen LogP contribution in [-0.2, 0) is 4.74 Å². The van der Waals surface area contributed by atoms with Crippen molar-refractivity contribution >= 4 is 11.8 Å². The minimum absolute atomic E-state index is 0.127. The Bertz CT molecular complexity index is 657. The van der Waals surface area contributed by atoms with Crippen LogP contribution >= 0.6 is 0 Å². The Hall–Kier alpha value is -2.78. The van der Waals surface area contributed by atoms with Gasteiger partial charge in [-0.25, -0.2) is 11.7 Å². The molecule has 0 aliphatic rings. The van der Waals surface area contributed by atoms with Gasteiger partial charge in [0.15, 0.2) is 0 Å². The zero-order chi connectivity index (χ0) is 18.2. The molecule has 0 spiro atoms. The Kier molecular flexibility index (Phi) is 6.61. The molecule has 0 heterocycles. The molecule has 8 nitrogen and oxygen atoms in total. The maximum absolute atomic E-state index is 11.5. The van der Waals surface area contributed by atoms with Crippen molar-refractivity contribution in [2.45, 2.75) is 6.10 Å². The molecule has 7 N–H and O–H groups in total. The second-order valence-corrected chi connectivity index (χ2v) is 5.17. The summed E-state index contributed by atoms with van der Waals surface area (Å²) in [6.45, 7) is 0.0125. The highest BCUT2D eigenvalue weighted by Gasteiger charge is 2.16. The Morgan fingerprint density at radius 1 is 0.880 bits per heavy atom. The van der Waals surface area contributed by atoms with E-state index in [0.29, 0.717) is 11.1 Å². The fourth-order valence-corrected chi connectivity index (χ4v) is 2.34. The second kappa shape index (κ2) is 8.90. The quantitative estimate of drug-likeness (QED) is 0.272. The van der Waals surface area contributed by atoms with E-state index in [-0.39, 0.29) is 13.2 Å². The van der Waals surface area contributed by atoms with Gasteiger partial charge in [0, 0.05) is 11.1 Å². The van der Waals surface area contributed by atoms with Crippen molar-refractivity contribution in [3.8, 4) is 0 Å². The van der Waals surface area contributed by atoms with E-state index in [1.807, 2.05) is 0 Å². The first-order chi connectivity index (χ1) is 12.1. The number of carbonyl (C=O) groups excluding carboxylic acids is 2. The number of nitrogen functional groups attached to an aromatic ring is 2. The van der Waals surface area contributed by atoms with Gasteiger partial charge in [-0.05, 0) is 35.4 Å². The van der Waals surface area contributed by atoms with Gasteiger partial charge < -0.3 is 9.84 Å². The molecule has 0 radical (unpaired) electrons. The van der Waals surface area contributed by atoms with Crippen LogP contribution in [0.25, 0.3) is 0 Å². The minimum Gasteiger partial charge on any atom is -0.394 e. The molecule has 0 aliphatic carbocycles. The lowest BCUT2D eigenvalue weighted by atomic mass is 9.99. The molecule has 0 saturated carbocycles. The standard InChI is InChI=1S/C17H20N4O4/c18-20-16(23)13-5-1-11(2-6-13)15(25-10-9-22)12-3-7-14(8-4-12)17(24)21-19/h1-8,15,22H,9-10,18-19H2,(H,20,23)(H,21,24). The van der Waals surface area contributed by atoms with Crippen molar-refractivity contribution < 1.29 is 19.4 Å². The Morgan fingerprint density at radius 2 is 1.28 bits per heavy atom. The van der Waals surface area contributed by atoms with Crippen LogP contribution in [0.3, 0.4) is 0 Å². The fraction of sp³-hybridized carbons (Fsp3) is 0.176. The number of hydrogen-bond acceptors (Lipinski definition) is 6. The van der Waals surface area contributed by atoms with Crippen molar-refractivity contribution in [1.82, 2.24) is 10.9 Å². The highest BCUT2D eigenvalue weighted by Crippen LogP contribution is 2.26. The van der Waals surface area contributed by atoms with Gasteiger partial charge in [-0.15, -0.1) is 0 Å². The summed E-state index contributed by atoms with van der Waals surface area (Å²) < 4.78 is 5.72. The van der Waals surface area contributed by atoms with E-state index in [9.17, 15) is 9.59 Å². The van der Waals surface area contributed by atoms with Crippen LogP contribution in [0.5, 0.6) is 0 Å². The molecule has 0 aromatic heterocycles. The normalized spacial score (nSPS) is 10.6. The molecule has 0 atom stereocenters. The van der Waals surface area contributed by atoms with Crippen molar-refractivity contribution in [1.29, 1.82) is 0 Å². The molecule has 132 valence electrons. The van der Waals surface area contributed by atoms with Gasteiger partial charge in [0.2, 0.25) is 0 Å². The van der Waals surface area contributed by atoms with E-state index in [1.165, 1.54) is 0 Å². The molecule has 0 saturated heterocycles. The molecule has 8 heteroatoms. The summed E-state index contributed by atoms with van der Waals surface area (Å²) in [5.41, 5.74) is 6.55. The average Bonchev–Trinajstić information content (AvgIpc) is 2.68. The van der Waals surface area contributed by atoms with E-state index >= 15 is 0 Å². The summed E-state index contributed by atoms with van der Waals surface area (Å²) in [5.74, 6) is 9.45. The number of rotatable bonds is 7. The zero-order valence-electron chi connectivity index (χ0n) is 13.4. The van der Waals surface area contributed by atoms with Gasteiger partial charge in [0.1, 0.15) is 6.10 Å². The molecule has 0 fully saturated rings. The van der Waals surface area contributed by atoms with Crippen molar-refractivity contribution in [2.24, 2.45) is 11.7 Å². The maximum Gasteiger partial charge on any atom is 0.265 e. The van der Waals surface area contributed by atoms with Crippen molar-refractivity contribution in [3.63, 3.8) is 0 Å². The van der Waals surface area contributed by atoms with Crippen LogP contribution in [0.4, 0.5) is 0 Å². The van der Waals surface area contributed by atoms with Crippen LogP contribution in [0.1, 0.15) is 37.9 Å². The first-order valence-corrected chi connectivity index (χ1v) is 7.55. The van der Waals surface area contributed by atoms with Crippen molar-refractivity contribution in [2.75, 3.05) is 13.2 Å². The van der Waals surface area contributed by atoms with E-state index < -0.39 is 17.9 Å². The third-order valence-electron chi connectivity index (χ3n) is 3.59. The number of carbonyl (C=O) groups is 2. The number of hydrazine groups is 2. The monoisotopic (exact) mass is 344 g/mol. The summed E-state index contributed by atoms with van der Waals surface area (Å²) >= 11 is 0. The summed E-state index contributed by atoms with van der Waals surface area (Å²) in [5, 5.41) is 9.05. The molecule has 2 rings (SSSR count). The predicted molar refractivity (Wildman–Crippen MR) is 91.1 cm³/mol. The van der Waals surface area contributed by atoms with Crippen LogP contribution in [0, 0.1) is 0 Å². The number of hydrogen-bond donors (Lipinski definition) is 5. The molecule has 2 aromatic carbocycles. The molecule has 0 bridgehead atoms. The highest BCUT2D eigenvalue weighted by molar-refractivity contribution is 5.94. The maximum atomic E-state index is 11.5. The molecule has 0 aliphatic heterocycles. The van der Waals surface area contributed by atoms with Gasteiger partial charge >= 0.3 is 0 Å². The number of ether oxygens (including phenoxy) is 1. The summed E-state index contributed by atoms with van der Waals surface area (Å²) in [6, 6.07) is 13.5. The third kappa shape index (κ3) is 4.61. The van der Waals surface area contributed by atoms with Crippen LogP contribution in [-0.4, -0.2) is 30.1 Å². The fourth-order valence-electron chi connectivity index (χ4n) is 2.34. The number of nitrogens with one attached hydrogen (secondary N) is 2. The van der Waals surface area contributed by atoms with E-state index in [1.54, 1.807) is 48.5 Å². The summed E-state index contributed by atoms with van der Waals surface area (Å²) in [7, 11) is 0. The van der Waals surface area contributed by atoms with Gasteiger partial charge in [0.05, 0.1) is 13.2 Å². The zero-order valence-corrected chi connectivity index (χ0v) is 13.4. The number of benzene rings is 2. The first kappa shape index (κ1) is 18.6. The van der Waals surface area contributed by atoms with Crippen LogP contribution in [0.2, 0.25) is 0 Å². The number of aliphatic hydroxyl groups is 1. The Labute approximate surface area is 144 Å². The van der Waals surface area contributed by atoms with Crippen LogP contribution < -0.4 is 22.5 Å². The Morgan fingerprint density at radius 3 is 1.60 bits per heavy atom. The molecular weight excluding hydrogens is 324 g/mol. The lowest BCUT2D eigenvalue weighted by Crippen LogP contribution is -2.30. The van der Waals surface area contributed by atoms with Gasteiger partial charge in [-0.2, -0.15) is 0 Å². The molecule has 2 aromatic rings. The number of amides is 2. The van der Waals surface area contributed by atoms with Gasteiger partial charge in [-0.1, -0.05) is 24.3 Å². The lowest BCUT2D eigenvalue weighted by molar-refractivity contribution is 0.0501. The smallest absolute Gasteiger partial charge is 0.265 e. The molecule has 2 amide bonds. The average molecular weight is 344 g/mol. The largest absolute Gasteiger partial charge is 0.394 e. The van der Waals surface area contributed by atoms with E-state index in [4.69, 9.17) is 21.5 Å². The first-order valence-electron chi connectivity index (χ1n) is 7.55. The summed E-state index contributed by atoms with van der Waals surface area (Å²) in [4.78, 5) is 23.0. The topological polar surface area (TPSA) is 140 Å². The SMILES string of the molecule is NNC(=O)c1ccc(C(OCCO)c2ccc(C(=O)NN)cc2)cc1. The second-order valence-electron chi connectivity index (χ2n) is 5.17. The van der Waals surface area contributed by atoms with E-state index in [2.05, 4.69) is 10.9 Å². The predicted octanol–water partition coefficient (Wildman–Crippen LogP) is -0.00810. The Balaban J connectivity index is 2.29. The van der Waals surface area contributed by atoms with Gasteiger partial charge in [-0.3, -0.25) is 20.4 Å². The summed E-state index contributed by atoms with van der Waals surface area (Å²) in [6.07, 6.45) is -0.461. The lowest BCUT2D eigenvalue weighted by Gasteiger charge is -2.19. The number of nitrogens with two attached hydrogens (primary N) is 2. The highest BCUT2D eigenvalue weighted by atomic mass is 16.5. The minimum atomic E-state index is -0.461. The van der Waals surface area contributed by atoms with Crippen molar-refractivity contribution in [3.05, 3.63) is 70.8 Å².